The highest BCUT2D eigenvalue weighted by atomic mass is 16.5. The first-order chi connectivity index (χ1) is 8.36. The van der Waals surface area contributed by atoms with Crippen LogP contribution < -0.4 is 15.2 Å². The van der Waals surface area contributed by atoms with Crippen LogP contribution in [-0.4, -0.2) is 29.7 Å². The van der Waals surface area contributed by atoms with Crippen molar-refractivity contribution in [3.8, 4) is 11.5 Å². The number of H-pyrrole nitrogens is 1. The van der Waals surface area contributed by atoms with Gasteiger partial charge in [0.1, 0.15) is 5.82 Å². The quantitative estimate of drug-likeness (QED) is 0.818. The lowest BCUT2D eigenvalue weighted by atomic mass is 10.3. The van der Waals surface area contributed by atoms with E-state index >= 15 is 0 Å². The van der Waals surface area contributed by atoms with Gasteiger partial charge in [0, 0.05) is 25.0 Å². The standard InChI is InChI=1S/C12H15N3O2/c13-3-2-12-14-8-6-10-11(7-9(8)15-12)17-5-1-4-16-10/h6-7H,1-5,13H2,(H,14,15). The smallest absolute Gasteiger partial charge is 0.163 e. The van der Waals surface area contributed by atoms with Crippen molar-refractivity contribution in [1.29, 1.82) is 0 Å². The van der Waals surface area contributed by atoms with Crippen LogP contribution in [0.3, 0.4) is 0 Å². The summed E-state index contributed by atoms with van der Waals surface area (Å²) < 4.78 is 11.3. The van der Waals surface area contributed by atoms with Crippen molar-refractivity contribution in [3.05, 3.63) is 18.0 Å². The Hall–Kier alpha value is -1.75. The molecule has 0 spiro atoms. The Kier molecular flexibility index (Phi) is 2.60. The number of imidazole rings is 1. The largest absolute Gasteiger partial charge is 0.489 e. The number of aromatic nitrogens is 2. The van der Waals surface area contributed by atoms with Crippen LogP contribution in [0.15, 0.2) is 12.1 Å². The molecule has 0 aliphatic carbocycles. The third-order valence-corrected chi connectivity index (χ3v) is 2.78. The Balaban J connectivity index is 2.05. The number of hydrogen-bond acceptors (Lipinski definition) is 4. The van der Waals surface area contributed by atoms with Gasteiger partial charge in [0.05, 0.1) is 24.2 Å². The van der Waals surface area contributed by atoms with Gasteiger partial charge in [-0.2, -0.15) is 0 Å². The number of ether oxygens (including phenoxy) is 2. The van der Waals surface area contributed by atoms with Gasteiger partial charge in [0.2, 0.25) is 0 Å². The number of benzene rings is 1. The summed E-state index contributed by atoms with van der Waals surface area (Å²) >= 11 is 0. The highest BCUT2D eigenvalue weighted by Crippen LogP contribution is 2.33. The highest BCUT2D eigenvalue weighted by molar-refractivity contribution is 5.79. The van der Waals surface area contributed by atoms with Crippen LogP contribution in [0.25, 0.3) is 11.0 Å². The molecule has 90 valence electrons. The second kappa shape index (κ2) is 4.25. The average molecular weight is 233 g/mol. The molecule has 0 radical (unpaired) electrons. The fraction of sp³-hybridized carbons (Fsp3) is 0.417. The molecule has 2 aromatic rings. The van der Waals surface area contributed by atoms with Gasteiger partial charge in [0.25, 0.3) is 0 Å². The summed E-state index contributed by atoms with van der Waals surface area (Å²) in [4.78, 5) is 7.71. The molecule has 17 heavy (non-hydrogen) atoms. The number of hydrogen-bond donors (Lipinski definition) is 2. The molecule has 1 aliphatic heterocycles. The minimum atomic E-state index is 0.590. The molecule has 1 aromatic heterocycles. The summed E-state index contributed by atoms with van der Waals surface area (Å²) in [5.41, 5.74) is 7.39. The Morgan fingerprint density at radius 2 is 2.00 bits per heavy atom. The van der Waals surface area contributed by atoms with Crippen molar-refractivity contribution >= 4 is 11.0 Å². The van der Waals surface area contributed by atoms with Gasteiger partial charge in [-0.3, -0.25) is 0 Å². The molecule has 0 saturated heterocycles. The van der Waals surface area contributed by atoms with E-state index in [4.69, 9.17) is 15.2 Å². The van der Waals surface area contributed by atoms with Crippen molar-refractivity contribution in [2.24, 2.45) is 5.73 Å². The zero-order valence-corrected chi connectivity index (χ0v) is 9.53. The predicted octanol–water partition coefficient (Wildman–Crippen LogP) is 1.23. The molecule has 2 heterocycles. The molecule has 5 nitrogen and oxygen atoms in total. The molecule has 3 N–H and O–H groups in total. The molecule has 1 aliphatic rings. The maximum atomic E-state index is 5.63. The Morgan fingerprint density at radius 1 is 1.24 bits per heavy atom. The number of nitrogens with one attached hydrogen (secondary N) is 1. The van der Waals surface area contributed by atoms with E-state index in [0.717, 1.165) is 41.2 Å². The summed E-state index contributed by atoms with van der Waals surface area (Å²) in [6, 6.07) is 3.87. The Morgan fingerprint density at radius 3 is 2.76 bits per heavy atom. The lowest BCUT2D eigenvalue weighted by molar-refractivity contribution is 0.297. The van der Waals surface area contributed by atoms with Gasteiger partial charge in [-0.1, -0.05) is 0 Å². The van der Waals surface area contributed by atoms with Gasteiger partial charge in [-0.15, -0.1) is 0 Å². The van der Waals surface area contributed by atoms with E-state index in [1.165, 1.54) is 0 Å². The number of nitrogens with two attached hydrogens (primary N) is 1. The summed E-state index contributed by atoms with van der Waals surface area (Å²) in [5, 5.41) is 0. The minimum absolute atomic E-state index is 0.590. The normalized spacial score (nSPS) is 14.9. The van der Waals surface area contributed by atoms with Gasteiger partial charge in [-0.25, -0.2) is 4.98 Å². The van der Waals surface area contributed by atoms with E-state index in [0.29, 0.717) is 19.8 Å². The van der Waals surface area contributed by atoms with E-state index in [2.05, 4.69) is 9.97 Å². The summed E-state index contributed by atoms with van der Waals surface area (Å²) in [7, 11) is 0. The molecule has 1 aromatic carbocycles. The summed E-state index contributed by atoms with van der Waals surface area (Å²) in [6.07, 6.45) is 1.66. The fourth-order valence-electron chi connectivity index (χ4n) is 1.97. The van der Waals surface area contributed by atoms with Crippen LogP contribution in [0.4, 0.5) is 0 Å². The Labute approximate surface area is 98.9 Å². The first kappa shape index (κ1) is 10.4. The number of fused-ring (bicyclic) bond motifs is 2. The van der Waals surface area contributed by atoms with E-state index in [9.17, 15) is 0 Å². The first-order valence-electron chi connectivity index (χ1n) is 5.85. The van der Waals surface area contributed by atoms with E-state index in [1.54, 1.807) is 0 Å². The summed E-state index contributed by atoms with van der Waals surface area (Å²) in [5.74, 6) is 2.47. The SMILES string of the molecule is NCCc1nc2cc3c(cc2[nH]1)OCCCO3. The van der Waals surface area contributed by atoms with Gasteiger partial charge in [-0.05, 0) is 6.54 Å². The van der Waals surface area contributed by atoms with Crippen molar-refractivity contribution < 1.29 is 9.47 Å². The van der Waals surface area contributed by atoms with Crippen molar-refractivity contribution in [3.63, 3.8) is 0 Å². The van der Waals surface area contributed by atoms with Crippen LogP contribution in [0.2, 0.25) is 0 Å². The maximum absolute atomic E-state index is 5.63. The Bertz CT molecular complexity index is 493. The van der Waals surface area contributed by atoms with Crippen LogP contribution >= 0.6 is 0 Å². The highest BCUT2D eigenvalue weighted by Gasteiger charge is 2.13. The van der Waals surface area contributed by atoms with Gasteiger partial charge < -0.3 is 20.2 Å². The van der Waals surface area contributed by atoms with E-state index in [-0.39, 0.29) is 0 Å². The molecular formula is C12H15N3O2. The van der Waals surface area contributed by atoms with Crippen molar-refractivity contribution in [1.82, 2.24) is 9.97 Å². The topological polar surface area (TPSA) is 73.2 Å². The number of aromatic amines is 1. The van der Waals surface area contributed by atoms with E-state index in [1.807, 2.05) is 12.1 Å². The van der Waals surface area contributed by atoms with Crippen molar-refractivity contribution in [2.45, 2.75) is 12.8 Å². The van der Waals surface area contributed by atoms with Crippen molar-refractivity contribution in [2.75, 3.05) is 19.8 Å². The summed E-state index contributed by atoms with van der Waals surface area (Å²) in [6.45, 7) is 1.98. The van der Waals surface area contributed by atoms with Gasteiger partial charge in [0.15, 0.2) is 11.5 Å². The average Bonchev–Trinajstić information content (AvgIpc) is 2.55. The van der Waals surface area contributed by atoms with Crippen LogP contribution in [0, 0.1) is 0 Å². The molecule has 0 saturated carbocycles. The molecule has 3 rings (SSSR count). The molecule has 0 amide bonds. The predicted molar refractivity (Wildman–Crippen MR) is 64.5 cm³/mol. The lowest BCUT2D eigenvalue weighted by Gasteiger charge is -2.05. The first-order valence-corrected chi connectivity index (χ1v) is 5.85. The van der Waals surface area contributed by atoms with Gasteiger partial charge >= 0.3 is 0 Å². The van der Waals surface area contributed by atoms with Crippen LogP contribution in [-0.2, 0) is 6.42 Å². The second-order valence-electron chi connectivity index (χ2n) is 4.09. The molecule has 0 bridgehead atoms. The molecule has 5 heteroatoms. The molecular weight excluding hydrogens is 218 g/mol. The zero-order valence-electron chi connectivity index (χ0n) is 9.53. The third kappa shape index (κ3) is 1.93. The molecule has 0 fully saturated rings. The molecule has 0 unspecified atom stereocenters. The fourth-order valence-corrected chi connectivity index (χ4v) is 1.97. The molecule has 0 atom stereocenters. The van der Waals surface area contributed by atoms with Crippen LogP contribution in [0.1, 0.15) is 12.2 Å². The lowest BCUT2D eigenvalue weighted by Crippen LogP contribution is -2.03. The van der Waals surface area contributed by atoms with E-state index < -0.39 is 0 Å². The van der Waals surface area contributed by atoms with Crippen LogP contribution in [0.5, 0.6) is 11.5 Å². The monoisotopic (exact) mass is 233 g/mol. The zero-order chi connectivity index (χ0) is 11.7. The third-order valence-electron chi connectivity index (χ3n) is 2.78. The maximum Gasteiger partial charge on any atom is 0.163 e. The minimum Gasteiger partial charge on any atom is -0.489 e. The second-order valence-corrected chi connectivity index (χ2v) is 4.09. The number of rotatable bonds is 2. The number of nitrogens with zero attached hydrogens (tertiary/aromatic N) is 1.